The first-order valence-corrected chi connectivity index (χ1v) is 6.35. The standard InChI is InChI=1S/C15H18O3/c1-2-17-14-8-5-12(6-9-14)7-10-15(16)18-11-13-3-4-13/h5-10,13H,2-4,11H2,1H3/b10-7+. The number of ether oxygens (including phenoxy) is 2. The van der Waals surface area contributed by atoms with E-state index in [1.165, 1.54) is 18.9 Å². The number of esters is 1. The average Bonchev–Trinajstić information content (AvgIpc) is 3.20. The lowest BCUT2D eigenvalue weighted by molar-refractivity contribution is -0.138. The number of benzene rings is 1. The predicted octanol–water partition coefficient (Wildman–Crippen LogP) is 3.05. The third-order valence-corrected chi connectivity index (χ3v) is 2.76. The van der Waals surface area contributed by atoms with Gasteiger partial charge in [0.25, 0.3) is 0 Å². The van der Waals surface area contributed by atoms with Crippen molar-refractivity contribution in [3.63, 3.8) is 0 Å². The van der Waals surface area contributed by atoms with Crippen LogP contribution in [0.3, 0.4) is 0 Å². The number of hydrogen-bond donors (Lipinski definition) is 0. The fraction of sp³-hybridized carbons (Fsp3) is 0.400. The van der Waals surface area contributed by atoms with E-state index in [0.717, 1.165) is 11.3 Å². The molecule has 0 N–H and O–H groups in total. The molecule has 3 heteroatoms. The largest absolute Gasteiger partial charge is 0.494 e. The molecule has 0 radical (unpaired) electrons. The van der Waals surface area contributed by atoms with Gasteiger partial charge in [0.05, 0.1) is 13.2 Å². The van der Waals surface area contributed by atoms with E-state index in [4.69, 9.17) is 9.47 Å². The summed E-state index contributed by atoms with van der Waals surface area (Å²) < 4.78 is 10.4. The SMILES string of the molecule is CCOc1ccc(/C=C/C(=O)OCC2CC2)cc1. The number of hydrogen-bond acceptors (Lipinski definition) is 3. The Morgan fingerprint density at radius 2 is 2.06 bits per heavy atom. The first-order valence-electron chi connectivity index (χ1n) is 6.35. The molecule has 1 aliphatic rings. The van der Waals surface area contributed by atoms with Gasteiger partial charge in [-0.15, -0.1) is 0 Å². The van der Waals surface area contributed by atoms with Crippen LogP contribution in [0.5, 0.6) is 5.75 Å². The van der Waals surface area contributed by atoms with Gasteiger partial charge in [0.15, 0.2) is 0 Å². The molecule has 0 aromatic heterocycles. The molecule has 0 heterocycles. The zero-order valence-electron chi connectivity index (χ0n) is 10.6. The summed E-state index contributed by atoms with van der Waals surface area (Å²) >= 11 is 0. The molecule has 3 nitrogen and oxygen atoms in total. The van der Waals surface area contributed by atoms with Crippen LogP contribution in [0.25, 0.3) is 6.08 Å². The zero-order chi connectivity index (χ0) is 12.8. The van der Waals surface area contributed by atoms with Crippen molar-refractivity contribution in [2.45, 2.75) is 19.8 Å². The van der Waals surface area contributed by atoms with Crippen molar-refractivity contribution in [1.82, 2.24) is 0 Å². The van der Waals surface area contributed by atoms with Gasteiger partial charge in [-0.25, -0.2) is 4.79 Å². The Balaban J connectivity index is 1.81. The van der Waals surface area contributed by atoms with Gasteiger partial charge in [0.2, 0.25) is 0 Å². The number of carbonyl (C=O) groups is 1. The minimum Gasteiger partial charge on any atom is -0.494 e. The van der Waals surface area contributed by atoms with E-state index < -0.39 is 0 Å². The Hall–Kier alpha value is -1.77. The molecule has 0 amide bonds. The maximum atomic E-state index is 11.4. The average molecular weight is 246 g/mol. The van der Waals surface area contributed by atoms with Crippen LogP contribution in [0.15, 0.2) is 30.3 Å². The summed E-state index contributed by atoms with van der Waals surface area (Å²) in [6, 6.07) is 7.60. The molecular weight excluding hydrogens is 228 g/mol. The van der Waals surface area contributed by atoms with Crippen molar-refractivity contribution in [1.29, 1.82) is 0 Å². The van der Waals surface area contributed by atoms with E-state index in [0.29, 0.717) is 19.1 Å². The van der Waals surface area contributed by atoms with Crippen molar-refractivity contribution in [2.24, 2.45) is 5.92 Å². The Morgan fingerprint density at radius 1 is 1.33 bits per heavy atom. The monoisotopic (exact) mass is 246 g/mol. The number of rotatable bonds is 6. The van der Waals surface area contributed by atoms with Gasteiger partial charge in [-0.05, 0) is 49.5 Å². The van der Waals surface area contributed by atoms with Gasteiger partial charge in [0, 0.05) is 6.08 Å². The molecule has 0 saturated heterocycles. The van der Waals surface area contributed by atoms with Crippen LogP contribution in [0.2, 0.25) is 0 Å². The second-order valence-corrected chi connectivity index (χ2v) is 4.41. The van der Waals surface area contributed by atoms with Crippen LogP contribution < -0.4 is 4.74 Å². The molecule has 0 unspecified atom stereocenters. The van der Waals surface area contributed by atoms with Gasteiger partial charge in [-0.2, -0.15) is 0 Å². The highest BCUT2D eigenvalue weighted by Crippen LogP contribution is 2.28. The highest BCUT2D eigenvalue weighted by molar-refractivity contribution is 5.87. The van der Waals surface area contributed by atoms with Crippen molar-refractivity contribution in [3.05, 3.63) is 35.9 Å². The Kier molecular flexibility index (Phi) is 4.40. The molecule has 0 aliphatic heterocycles. The first-order chi connectivity index (χ1) is 8.78. The van der Waals surface area contributed by atoms with Crippen molar-refractivity contribution < 1.29 is 14.3 Å². The molecule has 1 aliphatic carbocycles. The van der Waals surface area contributed by atoms with E-state index in [1.54, 1.807) is 6.08 Å². The maximum Gasteiger partial charge on any atom is 0.330 e. The van der Waals surface area contributed by atoms with E-state index in [1.807, 2.05) is 31.2 Å². The minimum absolute atomic E-state index is 0.268. The van der Waals surface area contributed by atoms with Crippen LogP contribution >= 0.6 is 0 Å². The van der Waals surface area contributed by atoms with Gasteiger partial charge in [0.1, 0.15) is 5.75 Å². The van der Waals surface area contributed by atoms with E-state index in [2.05, 4.69) is 0 Å². The molecule has 0 bridgehead atoms. The lowest BCUT2D eigenvalue weighted by Crippen LogP contribution is -2.03. The molecular formula is C15H18O3. The van der Waals surface area contributed by atoms with Gasteiger partial charge in [-0.3, -0.25) is 0 Å². The Morgan fingerprint density at radius 3 is 2.67 bits per heavy atom. The first kappa shape index (κ1) is 12.7. The topological polar surface area (TPSA) is 35.5 Å². The second-order valence-electron chi connectivity index (χ2n) is 4.41. The van der Waals surface area contributed by atoms with Crippen LogP contribution in [0.4, 0.5) is 0 Å². The van der Waals surface area contributed by atoms with Crippen LogP contribution in [0.1, 0.15) is 25.3 Å². The van der Waals surface area contributed by atoms with Crippen molar-refractivity contribution in [3.8, 4) is 5.75 Å². The third kappa shape index (κ3) is 4.24. The molecule has 1 aromatic carbocycles. The fourth-order valence-corrected chi connectivity index (χ4v) is 1.54. The molecule has 0 spiro atoms. The van der Waals surface area contributed by atoms with E-state index in [9.17, 15) is 4.79 Å². The highest BCUT2D eigenvalue weighted by Gasteiger charge is 2.22. The molecule has 0 atom stereocenters. The van der Waals surface area contributed by atoms with E-state index in [-0.39, 0.29) is 5.97 Å². The second kappa shape index (κ2) is 6.24. The van der Waals surface area contributed by atoms with Gasteiger partial charge in [-0.1, -0.05) is 12.1 Å². The normalized spacial score (nSPS) is 14.7. The third-order valence-electron chi connectivity index (χ3n) is 2.76. The summed E-state index contributed by atoms with van der Waals surface area (Å²) in [7, 11) is 0. The smallest absolute Gasteiger partial charge is 0.330 e. The maximum absolute atomic E-state index is 11.4. The molecule has 1 aromatic rings. The quantitative estimate of drug-likeness (QED) is 0.571. The van der Waals surface area contributed by atoms with Crippen molar-refractivity contribution in [2.75, 3.05) is 13.2 Å². The van der Waals surface area contributed by atoms with Crippen LogP contribution in [0, 0.1) is 5.92 Å². The summed E-state index contributed by atoms with van der Waals surface area (Å²) in [6.45, 7) is 3.17. The Bertz CT molecular complexity index is 416. The lowest BCUT2D eigenvalue weighted by atomic mass is 10.2. The summed E-state index contributed by atoms with van der Waals surface area (Å²) in [6.07, 6.45) is 5.61. The highest BCUT2D eigenvalue weighted by atomic mass is 16.5. The molecule has 96 valence electrons. The molecule has 18 heavy (non-hydrogen) atoms. The summed E-state index contributed by atoms with van der Waals surface area (Å²) in [5.74, 6) is 1.18. The van der Waals surface area contributed by atoms with Gasteiger partial charge < -0.3 is 9.47 Å². The zero-order valence-corrected chi connectivity index (χ0v) is 10.6. The van der Waals surface area contributed by atoms with Crippen molar-refractivity contribution >= 4 is 12.0 Å². The number of carbonyl (C=O) groups excluding carboxylic acids is 1. The Labute approximate surface area is 107 Å². The summed E-state index contributed by atoms with van der Waals surface area (Å²) in [4.78, 5) is 11.4. The fourth-order valence-electron chi connectivity index (χ4n) is 1.54. The van der Waals surface area contributed by atoms with Gasteiger partial charge >= 0.3 is 5.97 Å². The summed E-state index contributed by atoms with van der Waals surface area (Å²) in [5, 5.41) is 0. The molecule has 1 fully saturated rings. The van der Waals surface area contributed by atoms with Crippen LogP contribution in [-0.2, 0) is 9.53 Å². The van der Waals surface area contributed by atoms with Crippen LogP contribution in [-0.4, -0.2) is 19.2 Å². The molecule has 2 rings (SSSR count). The molecule has 1 saturated carbocycles. The minimum atomic E-state index is -0.268. The predicted molar refractivity (Wildman–Crippen MR) is 70.3 cm³/mol. The summed E-state index contributed by atoms with van der Waals surface area (Å²) in [5.41, 5.74) is 0.960. The van der Waals surface area contributed by atoms with E-state index >= 15 is 0 Å². The lowest BCUT2D eigenvalue weighted by Gasteiger charge is -2.02.